The normalized spacial score (nSPS) is 20.7. The number of hydrogen-bond donors (Lipinski definition) is 1. The van der Waals surface area contributed by atoms with E-state index in [9.17, 15) is 17.6 Å². The third-order valence-electron chi connectivity index (χ3n) is 3.84. The van der Waals surface area contributed by atoms with Crippen LogP contribution in [0.15, 0.2) is 36.5 Å². The van der Waals surface area contributed by atoms with Crippen molar-refractivity contribution >= 4 is 0 Å². The molecule has 1 atom stereocenters. The zero-order valence-electron chi connectivity index (χ0n) is 12.4. The summed E-state index contributed by atoms with van der Waals surface area (Å²) >= 11 is 0. The Hall–Kier alpha value is -2.35. The van der Waals surface area contributed by atoms with E-state index < -0.39 is 23.5 Å². The third-order valence-corrected chi connectivity index (χ3v) is 3.84. The number of nitrogens with two attached hydrogens (primary N) is 1. The lowest BCUT2D eigenvalue weighted by Crippen LogP contribution is -2.38. The molecule has 1 aliphatic rings. The fourth-order valence-corrected chi connectivity index (χ4v) is 2.76. The Balaban J connectivity index is 2.03. The molecule has 1 unspecified atom stereocenters. The van der Waals surface area contributed by atoms with Crippen LogP contribution in [-0.4, -0.2) is 18.0 Å². The number of benzene rings is 1. The van der Waals surface area contributed by atoms with E-state index in [1.54, 1.807) is 12.1 Å². The van der Waals surface area contributed by atoms with Crippen LogP contribution < -0.4 is 15.2 Å². The lowest BCUT2D eigenvalue weighted by Gasteiger charge is -2.29. The van der Waals surface area contributed by atoms with Gasteiger partial charge in [-0.25, -0.2) is 4.39 Å². The minimum Gasteiger partial charge on any atom is -0.492 e. The fourth-order valence-electron chi connectivity index (χ4n) is 2.76. The van der Waals surface area contributed by atoms with Crippen molar-refractivity contribution < 1.29 is 27.0 Å². The van der Waals surface area contributed by atoms with E-state index in [4.69, 9.17) is 10.5 Å². The van der Waals surface area contributed by atoms with Crippen molar-refractivity contribution in [3.05, 3.63) is 53.6 Å². The molecule has 1 aliphatic heterocycles. The zero-order valence-corrected chi connectivity index (χ0v) is 12.4. The Kier molecular flexibility index (Phi) is 4.08. The summed E-state index contributed by atoms with van der Waals surface area (Å²) in [5.74, 6) is -1.56. The first-order chi connectivity index (χ1) is 11.3. The van der Waals surface area contributed by atoms with Crippen molar-refractivity contribution in [1.82, 2.24) is 4.98 Å². The second-order valence-corrected chi connectivity index (χ2v) is 5.47. The van der Waals surface area contributed by atoms with Gasteiger partial charge in [0.05, 0.1) is 12.1 Å². The van der Waals surface area contributed by atoms with Crippen molar-refractivity contribution in [2.45, 2.75) is 24.7 Å². The molecule has 0 aliphatic carbocycles. The van der Waals surface area contributed by atoms with E-state index in [0.717, 1.165) is 12.1 Å². The van der Waals surface area contributed by atoms with E-state index in [2.05, 4.69) is 9.72 Å². The maximum Gasteiger partial charge on any atom is 0.573 e. The second-order valence-electron chi connectivity index (χ2n) is 5.47. The van der Waals surface area contributed by atoms with Crippen LogP contribution in [0.1, 0.15) is 24.1 Å². The predicted molar refractivity (Wildman–Crippen MR) is 77.0 cm³/mol. The predicted octanol–water partition coefficient (Wildman–Crippen LogP) is 3.49. The third kappa shape index (κ3) is 3.14. The van der Waals surface area contributed by atoms with Gasteiger partial charge in [-0.3, -0.25) is 4.98 Å². The molecule has 24 heavy (non-hydrogen) atoms. The van der Waals surface area contributed by atoms with E-state index in [0.29, 0.717) is 36.5 Å². The van der Waals surface area contributed by atoms with E-state index in [1.807, 2.05) is 0 Å². The number of fused-ring (bicyclic) bond motifs is 1. The molecule has 2 heterocycles. The quantitative estimate of drug-likeness (QED) is 0.849. The molecule has 1 aromatic carbocycles. The summed E-state index contributed by atoms with van der Waals surface area (Å²) in [6.07, 6.45) is -2.43. The molecular formula is C16H14F4N2O2. The van der Waals surface area contributed by atoms with E-state index >= 15 is 0 Å². The largest absolute Gasteiger partial charge is 0.573 e. The lowest BCUT2D eigenvalue weighted by atomic mass is 9.83. The minimum absolute atomic E-state index is 0.306. The molecule has 0 fully saturated rings. The first-order valence-corrected chi connectivity index (χ1v) is 7.22. The highest BCUT2D eigenvalue weighted by Crippen LogP contribution is 2.39. The van der Waals surface area contributed by atoms with Crippen molar-refractivity contribution in [2.75, 3.05) is 6.61 Å². The van der Waals surface area contributed by atoms with Gasteiger partial charge in [-0.05, 0) is 42.7 Å². The molecule has 0 saturated heterocycles. The van der Waals surface area contributed by atoms with E-state index in [1.165, 1.54) is 12.3 Å². The zero-order chi connectivity index (χ0) is 17.4. The van der Waals surface area contributed by atoms with Crippen LogP contribution >= 0.6 is 0 Å². The Morgan fingerprint density at radius 1 is 1.25 bits per heavy atom. The van der Waals surface area contributed by atoms with Gasteiger partial charge in [0.25, 0.3) is 0 Å². The average Bonchev–Trinajstić information content (AvgIpc) is 2.69. The summed E-state index contributed by atoms with van der Waals surface area (Å²) in [5.41, 5.74) is 6.03. The van der Waals surface area contributed by atoms with Crippen LogP contribution in [0.2, 0.25) is 0 Å². The van der Waals surface area contributed by atoms with Crippen LogP contribution in [0.25, 0.3) is 0 Å². The number of alkyl halides is 3. The van der Waals surface area contributed by atoms with Gasteiger partial charge in [0, 0.05) is 6.20 Å². The highest BCUT2D eigenvalue weighted by molar-refractivity contribution is 5.44. The summed E-state index contributed by atoms with van der Waals surface area (Å²) in [6.45, 7) is 0.426. The molecule has 4 nitrogen and oxygen atoms in total. The van der Waals surface area contributed by atoms with Crippen LogP contribution in [-0.2, 0) is 5.54 Å². The highest BCUT2D eigenvalue weighted by Gasteiger charge is 2.37. The van der Waals surface area contributed by atoms with Gasteiger partial charge in [0.15, 0.2) is 11.6 Å². The standard InChI is InChI=1S/C16H14F4N2O2/c17-11-9-10(4-5-12(11)24-16(18,19)20)15(21)6-2-8-23-13-3-1-7-22-14(13)15/h1,3-5,7,9H,2,6,8,21H2. The fraction of sp³-hybridized carbons (Fsp3) is 0.312. The molecule has 2 N–H and O–H groups in total. The lowest BCUT2D eigenvalue weighted by molar-refractivity contribution is -0.275. The van der Waals surface area contributed by atoms with Gasteiger partial charge < -0.3 is 15.2 Å². The number of rotatable bonds is 2. The number of halogens is 4. The molecule has 0 amide bonds. The smallest absolute Gasteiger partial charge is 0.492 e. The Labute approximate surface area is 135 Å². The van der Waals surface area contributed by atoms with Gasteiger partial charge in [-0.1, -0.05) is 6.07 Å². The van der Waals surface area contributed by atoms with Crippen LogP contribution in [0.4, 0.5) is 17.6 Å². The number of hydrogen-bond acceptors (Lipinski definition) is 4. The van der Waals surface area contributed by atoms with Crippen molar-refractivity contribution in [2.24, 2.45) is 5.73 Å². The summed E-state index contributed by atoms with van der Waals surface area (Å²) in [5, 5.41) is 0. The first-order valence-electron chi connectivity index (χ1n) is 7.22. The SMILES string of the molecule is NC1(c2ccc(OC(F)(F)F)c(F)c2)CCCOc2cccnc21. The highest BCUT2D eigenvalue weighted by atomic mass is 19.4. The van der Waals surface area contributed by atoms with Crippen molar-refractivity contribution in [1.29, 1.82) is 0 Å². The Bertz CT molecular complexity index is 751. The molecule has 128 valence electrons. The van der Waals surface area contributed by atoms with Crippen LogP contribution in [0.3, 0.4) is 0 Å². The molecule has 8 heteroatoms. The van der Waals surface area contributed by atoms with Gasteiger partial charge >= 0.3 is 6.36 Å². The average molecular weight is 342 g/mol. The number of aromatic nitrogens is 1. The number of nitrogens with zero attached hydrogens (tertiary/aromatic N) is 1. The van der Waals surface area contributed by atoms with Crippen LogP contribution in [0, 0.1) is 5.82 Å². The molecule has 0 saturated carbocycles. The number of ether oxygens (including phenoxy) is 2. The first kappa shape index (κ1) is 16.5. The molecule has 3 rings (SSSR count). The Morgan fingerprint density at radius 2 is 2.04 bits per heavy atom. The van der Waals surface area contributed by atoms with Crippen molar-refractivity contribution in [3.63, 3.8) is 0 Å². The molecule has 1 aromatic heterocycles. The van der Waals surface area contributed by atoms with Crippen LogP contribution in [0.5, 0.6) is 11.5 Å². The molecule has 0 bridgehead atoms. The molecule has 0 radical (unpaired) electrons. The van der Waals surface area contributed by atoms with Gasteiger partial charge in [0.2, 0.25) is 0 Å². The maximum absolute atomic E-state index is 14.1. The van der Waals surface area contributed by atoms with Gasteiger partial charge in [-0.2, -0.15) is 0 Å². The van der Waals surface area contributed by atoms with Gasteiger partial charge in [0.1, 0.15) is 11.4 Å². The monoisotopic (exact) mass is 342 g/mol. The molecular weight excluding hydrogens is 328 g/mol. The minimum atomic E-state index is -4.97. The maximum atomic E-state index is 14.1. The topological polar surface area (TPSA) is 57.4 Å². The summed E-state index contributed by atoms with van der Waals surface area (Å²) in [7, 11) is 0. The van der Waals surface area contributed by atoms with Gasteiger partial charge in [-0.15, -0.1) is 13.2 Å². The summed E-state index contributed by atoms with van der Waals surface area (Å²) in [6, 6.07) is 6.57. The van der Waals surface area contributed by atoms with E-state index in [-0.39, 0.29) is 0 Å². The number of pyridine rings is 1. The molecule has 0 spiro atoms. The van der Waals surface area contributed by atoms with Crippen molar-refractivity contribution in [3.8, 4) is 11.5 Å². The second kappa shape index (κ2) is 5.94. The summed E-state index contributed by atoms with van der Waals surface area (Å²) < 4.78 is 60.1. The summed E-state index contributed by atoms with van der Waals surface area (Å²) in [4.78, 5) is 4.24. The Morgan fingerprint density at radius 3 is 2.75 bits per heavy atom. The molecule has 2 aromatic rings.